The third-order valence-corrected chi connectivity index (χ3v) is 3.60. The smallest absolute Gasteiger partial charge is 0.306 e. The van der Waals surface area contributed by atoms with Gasteiger partial charge < -0.3 is 14.5 Å². The minimum absolute atomic E-state index is 0.0743. The molecule has 22 heavy (non-hydrogen) atoms. The standard InChI is InChI=1S/C15H19N3O4/c1-22-14(20)5-4-13(19)17-7-9-18(10-8-17)15(21)12-3-2-6-16-11-12/h2-3,6,11H,4-5,7-10H2,1H3. The van der Waals surface area contributed by atoms with E-state index >= 15 is 0 Å². The van der Waals surface area contributed by atoms with Crippen molar-refractivity contribution in [1.29, 1.82) is 0 Å². The molecule has 7 nitrogen and oxygen atoms in total. The number of amides is 2. The second-order valence-corrected chi connectivity index (χ2v) is 4.99. The zero-order valence-electron chi connectivity index (χ0n) is 12.5. The summed E-state index contributed by atoms with van der Waals surface area (Å²) in [5, 5.41) is 0. The van der Waals surface area contributed by atoms with Gasteiger partial charge in [0, 0.05) is 45.0 Å². The van der Waals surface area contributed by atoms with Crippen molar-refractivity contribution in [2.45, 2.75) is 12.8 Å². The Hall–Kier alpha value is -2.44. The van der Waals surface area contributed by atoms with Crippen molar-refractivity contribution in [1.82, 2.24) is 14.8 Å². The van der Waals surface area contributed by atoms with Crippen LogP contribution in [0.15, 0.2) is 24.5 Å². The first-order chi connectivity index (χ1) is 10.6. The van der Waals surface area contributed by atoms with Gasteiger partial charge in [0.15, 0.2) is 0 Å². The Morgan fingerprint density at radius 3 is 2.41 bits per heavy atom. The summed E-state index contributed by atoms with van der Waals surface area (Å²) in [5.41, 5.74) is 0.549. The zero-order chi connectivity index (χ0) is 15.9. The highest BCUT2D eigenvalue weighted by Crippen LogP contribution is 2.09. The SMILES string of the molecule is COC(=O)CCC(=O)N1CCN(C(=O)c2cccnc2)CC1. The molecule has 0 unspecified atom stereocenters. The summed E-state index contributed by atoms with van der Waals surface area (Å²) >= 11 is 0. The summed E-state index contributed by atoms with van der Waals surface area (Å²) < 4.78 is 4.52. The van der Waals surface area contributed by atoms with Gasteiger partial charge in [-0.3, -0.25) is 19.4 Å². The lowest BCUT2D eigenvalue weighted by atomic mass is 10.2. The first kappa shape index (κ1) is 15.9. The fourth-order valence-corrected chi connectivity index (χ4v) is 2.30. The van der Waals surface area contributed by atoms with E-state index in [1.807, 2.05) is 0 Å². The Morgan fingerprint density at radius 1 is 1.14 bits per heavy atom. The van der Waals surface area contributed by atoms with Gasteiger partial charge in [-0.15, -0.1) is 0 Å². The second kappa shape index (κ2) is 7.53. The van der Waals surface area contributed by atoms with Crippen LogP contribution in [0.5, 0.6) is 0 Å². The lowest BCUT2D eigenvalue weighted by molar-refractivity contribution is -0.143. The lowest BCUT2D eigenvalue weighted by Gasteiger charge is -2.34. The van der Waals surface area contributed by atoms with E-state index in [4.69, 9.17) is 0 Å². The molecule has 1 aromatic rings. The number of aromatic nitrogens is 1. The number of esters is 1. The van der Waals surface area contributed by atoms with Crippen LogP contribution in [-0.4, -0.2) is 65.9 Å². The number of carbonyl (C=O) groups is 3. The highest BCUT2D eigenvalue weighted by Gasteiger charge is 2.25. The molecule has 0 saturated carbocycles. The number of nitrogens with zero attached hydrogens (tertiary/aromatic N) is 3. The van der Waals surface area contributed by atoms with E-state index < -0.39 is 5.97 Å². The van der Waals surface area contributed by atoms with E-state index in [9.17, 15) is 14.4 Å². The fraction of sp³-hybridized carbons (Fsp3) is 0.467. The molecule has 0 N–H and O–H groups in total. The van der Waals surface area contributed by atoms with E-state index in [0.717, 1.165) is 0 Å². The van der Waals surface area contributed by atoms with E-state index in [1.165, 1.54) is 13.3 Å². The van der Waals surface area contributed by atoms with Gasteiger partial charge in [0.2, 0.25) is 5.91 Å². The average molecular weight is 305 g/mol. The molecule has 1 saturated heterocycles. The van der Waals surface area contributed by atoms with Crippen molar-refractivity contribution in [2.75, 3.05) is 33.3 Å². The van der Waals surface area contributed by atoms with Crippen LogP contribution in [0.4, 0.5) is 0 Å². The van der Waals surface area contributed by atoms with Crippen LogP contribution in [0.25, 0.3) is 0 Å². The quantitative estimate of drug-likeness (QED) is 0.748. The number of methoxy groups -OCH3 is 1. The summed E-state index contributed by atoms with van der Waals surface area (Å²) in [6, 6.07) is 3.45. The van der Waals surface area contributed by atoms with E-state index in [1.54, 1.807) is 28.1 Å². The van der Waals surface area contributed by atoms with Gasteiger partial charge in [0.1, 0.15) is 0 Å². The molecule has 1 fully saturated rings. The third kappa shape index (κ3) is 4.03. The van der Waals surface area contributed by atoms with Crippen LogP contribution >= 0.6 is 0 Å². The molecule has 0 atom stereocenters. The lowest BCUT2D eigenvalue weighted by Crippen LogP contribution is -2.50. The Labute approximate surface area is 128 Å². The topological polar surface area (TPSA) is 79.8 Å². The van der Waals surface area contributed by atoms with E-state index in [2.05, 4.69) is 9.72 Å². The maximum absolute atomic E-state index is 12.3. The van der Waals surface area contributed by atoms with Crippen LogP contribution in [0.3, 0.4) is 0 Å². The van der Waals surface area contributed by atoms with Gasteiger partial charge in [-0.1, -0.05) is 0 Å². The molecule has 2 heterocycles. The number of pyridine rings is 1. The highest BCUT2D eigenvalue weighted by molar-refractivity contribution is 5.94. The molecule has 2 rings (SSSR count). The molecule has 0 spiro atoms. The van der Waals surface area contributed by atoms with Crippen molar-refractivity contribution in [3.05, 3.63) is 30.1 Å². The second-order valence-electron chi connectivity index (χ2n) is 4.99. The van der Waals surface area contributed by atoms with Crippen LogP contribution in [-0.2, 0) is 14.3 Å². The van der Waals surface area contributed by atoms with E-state index in [-0.39, 0.29) is 24.7 Å². The average Bonchev–Trinajstić information content (AvgIpc) is 2.59. The Balaban J connectivity index is 1.81. The van der Waals surface area contributed by atoms with Crippen LogP contribution in [0, 0.1) is 0 Å². The van der Waals surface area contributed by atoms with Crippen LogP contribution < -0.4 is 0 Å². The Kier molecular flexibility index (Phi) is 5.46. The van der Waals surface area contributed by atoms with E-state index in [0.29, 0.717) is 31.7 Å². The number of carbonyl (C=O) groups excluding carboxylic acids is 3. The largest absolute Gasteiger partial charge is 0.469 e. The zero-order valence-corrected chi connectivity index (χ0v) is 12.5. The molecule has 2 amide bonds. The van der Waals surface area contributed by atoms with Gasteiger partial charge in [-0.2, -0.15) is 0 Å². The molecule has 0 radical (unpaired) electrons. The maximum Gasteiger partial charge on any atom is 0.306 e. The monoisotopic (exact) mass is 305 g/mol. The summed E-state index contributed by atoms with van der Waals surface area (Å²) in [6.45, 7) is 1.92. The molecule has 1 aliphatic rings. The fourth-order valence-electron chi connectivity index (χ4n) is 2.30. The first-order valence-electron chi connectivity index (χ1n) is 7.15. The first-order valence-corrected chi connectivity index (χ1v) is 7.15. The molecule has 1 aliphatic heterocycles. The number of rotatable bonds is 4. The number of ether oxygens (including phenoxy) is 1. The van der Waals surface area contributed by atoms with Crippen LogP contribution in [0.2, 0.25) is 0 Å². The predicted octanol–water partition coefficient (Wildman–Crippen LogP) is 0.319. The molecule has 7 heteroatoms. The van der Waals surface area contributed by atoms with Gasteiger partial charge in [0.05, 0.1) is 19.1 Å². The van der Waals surface area contributed by atoms with Crippen molar-refractivity contribution >= 4 is 17.8 Å². The molecule has 1 aromatic heterocycles. The van der Waals surface area contributed by atoms with Crippen molar-refractivity contribution in [2.24, 2.45) is 0 Å². The third-order valence-electron chi connectivity index (χ3n) is 3.60. The summed E-state index contributed by atoms with van der Waals surface area (Å²) in [4.78, 5) is 42.6. The van der Waals surface area contributed by atoms with Crippen molar-refractivity contribution in [3.63, 3.8) is 0 Å². The van der Waals surface area contributed by atoms with Gasteiger partial charge in [-0.05, 0) is 12.1 Å². The predicted molar refractivity (Wildman–Crippen MR) is 78.0 cm³/mol. The minimum atomic E-state index is -0.390. The molecule has 0 aromatic carbocycles. The summed E-state index contributed by atoms with van der Waals surface area (Å²) in [5.74, 6) is -0.549. The Morgan fingerprint density at radius 2 is 1.82 bits per heavy atom. The van der Waals surface area contributed by atoms with Crippen molar-refractivity contribution in [3.8, 4) is 0 Å². The summed E-state index contributed by atoms with van der Waals surface area (Å²) in [6.07, 6.45) is 3.39. The van der Waals surface area contributed by atoms with Crippen LogP contribution in [0.1, 0.15) is 23.2 Å². The number of hydrogen-bond donors (Lipinski definition) is 0. The molecule has 118 valence electrons. The normalized spacial score (nSPS) is 14.6. The number of hydrogen-bond acceptors (Lipinski definition) is 5. The van der Waals surface area contributed by atoms with Gasteiger partial charge in [-0.25, -0.2) is 0 Å². The molecule has 0 bridgehead atoms. The number of piperazine rings is 1. The van der Waals surface area contributed by atoms with Gasteiger partial charge in [0.25, 0.3) is 5.91 Å². The maximum atomic E-state index is 12.3. The molecular formula is C15H19N3O4. The summed E-state index contributed by atoms with van der Waals surface area (Å²) in [7, 11) is 1.30. The molecular weight excluding hydrogens is 286 g/mol. The van der Waals surface area contributed by atoms with Crippen molar-refractivity contribution < 1.29 is 19.1 Å². The van der Waals surface area contributed by atoms with Gasteiger partial charge >= 0.3 is 5.97 Å². The minimum Gasteiger partial charge on any atom is -0.469 e. The highest BCUT2D eigenvalue weighted by atomic mass is 16.5. The Bertz CT molecular complexity index is 539. The molecule has 0 aliphatic carbocycles.